The number of carbonyl (C=O) groups is 4. The van der Waals surface area contributed by atoms with Crippen LogP contribution in [0.5, 0.6) is 0 Å². The summed E-state index contributed by atoms with van der Waals surface area (Å²) in [4.78, 5) is 50.8. The minimum Gasteiger partial charge on any atom is -0.492 e. The van der Waals surface area contributed by atoms with Gasteiger partial charge in [0.2, 0.25) is 11.6 Å². The third-order valence-electron chi connectivity index (χ3n) is 7.44. The number of rotatable bonds is 4. The van der Waals surface area contributed by atoms with Crippen LogP contribution in [0, 0.1) is 17.8 Å². The predicted molar refractivity (Wildman–Crippen MR) is 150 cm³/mol. The lowest BCUT2D eigenvalue weighted by molar-refractivity contribution is -0.120. The summed E-state index contributed by atoms with van der Waals surface area (Å²) in [5.41, 5.74) is 6.50. The summed E-state index contributed by atoms with van der Waals surface area (Å²) in [6, 6.07) is 0. The van der Waals surface area contributed by atoms with E-state index in [2.05, 4.69) is 12.2 Å². The fourth-order valence-corrected chi connectivity index (χ4v) is 4.99. The lowest BCUT2D eigenvalue weighted by Crippen LogP contribution is -2.35. The third kappa shape index (κ3) is 8.25. The van der Waals surface area contributed by atoms with E-state index in [4.69, 9.17) is 24.7 Å². The maximum atomic E-state index is 13.4. The van der Waals surface area contributed by atoms with Crippen molar-refractivity contribution in [3.8, 4) is 0 Å². The number of hydrogen-bond donors (Lipinski definition) is 2. The van der Waals surface area contributed by atoms with E-state index in [0.29, 0.717) is 6.42 Å². The second-order valence-corrected chi connectivity index (χ2v) is 10.5. The maximum Gasteiger partial charge on any atom is 0.405 e. The van der Waals surface area contributed by atoms with Crippen LogP contribution in [0.3, 0.4) is 0 Å². The van der Waals surface area contributed by atoms with E-state index in [-0.39, 0.29) is 52.9 Å². The van der Waals surface area contributed by atoms with Gasteiger partial charge in [0.15, 0.2) is 11.9 Å². The second-order valence-electron chi connectivity index (χ2n) is 10.5. The first-order chi connectivity index (χ1) is 18.8. The minimum absolute atomic E-state index is 0.00448. The molecule has 10 heteroatoms. The SMILES string of the molecule is COC1=C2CC(C)CC(OC)C(C)C(C)C=C(C)C(OC(N)=O)C(OC)C=CC=C(C)C(=O)NC(=CC1=O)C2=O. The van der Waals surface area contributed by atoms with Gasteiger partial charge in [-0.3, -0.25) is 14.4 Å². The summed E-state index contributed by atoms with van der Waals surface area (Å²) in [5, 5.41) is 2.56. The van der Waals surface area contributed by atoms with Crippen LogP contribution in [0.4, 0.5) is 4.79 Å². The molecule has 2 bridgehead atoms. The van der Waals surface area contributed by atoms with Crippen molar-refractivity contribution in [2.75, 3.05) is 21.3 Å². The molecule has 6 unspecified atom stereocenters. The molecule has 0 saturated carbocycles. The highest BCUT2D eigenvalue weighted by atomic mass is 16.6. The standard InChI is InChI=1S/C30H42N2O8/c1-16-12-21-26(34)22(15-23(33)28(21)39-8)32-29(35)17(2)10-9-11-24(37-6)27(40-30(31)36)19(4)14-18(3)20(5)25(13-16)38-7/h9-11,14-16,18,20,24-25,27H,12-13H2,1-8H3,(H2,31,36)(H,32,35). The van der Waals surface area contributed by atoms with E-state index in [1.165, 1.54) is 20.3 Å². The van der Waals surface area contributed by atoms with Crippen LogP contribution < -0.4 is 11.1 Å². The summed E-state index contributed by atoms with van der Waals surface area (Å²) in [6.45, 7) is 9.49. The number of nitrogens with two attached hydrogens (primary N) is 1. The molecule has 1 aliphatic heterocycles. The Morgan fingerprint density at radius 3 is 2.30 bits per heavy atom. The monoisotopic (exact) mass is 558 g/mol. The summed E-state index contributed by atoms with van der Waals surface area (Å²) in [7, 11) is 4.46. The number of ketones is 2. The first-order valence-corrected chi connectivity index (χ1v) is 13.3. The summed E-state index contributed by atoms with van der Waals surface area (Å²) in [6.07, 6.45) is 6.08. The molecule has 0 aromatic rings. The van der Waals surface area contributed by atoms with Gasteiger partial charge in [0.25, 0.3) is 5.91 Å². The van der Waals surface area contributed by atoms with Crippen LogP contribution in [-0.4, -0.2) is 63.2 Å². The van der Waals surface area contributed by atoms with Crippen LogP contribution in [0.1, 0.15) is 47.5 Å². The zero-order valence-corrected chi connectivity index (χ0v) is 24.6. The molecule has 1 heterocycles. The molecule has 40 heavy (non-hydrogen) atoms. The van der Waals surface area contributed by atoms with E-state index in [1.807, 2.05) is 26.8 Å². The Bertz CT molecular complexity index is 1150. The number of allylic oxidation sites excluding steroid dienone is 5. The van der Waals surface area contributed by atoms with Crippen LogP contribution >= 0.6 is 0 Å². The van der Waals surface area contributed by atoms with Crippen molar-refractivity contribution >= 4 is 23.6 Å². The Kier molecular flexibility index (Phi) is 12.1. The fourth-order valence-electron chi connectivity index (χ4n) is 4.99. The van der Waals surface area contributed by atoms with Crippen molar-refractivity contribution in [1.29, 1.82) is 0 Å². The molecule has 0 fully saturated rings. The van der Waals surface area contributed by atoms with E-state index < -0.39 is 35.8 Å². The van der Waals surface area contributed by atoms with Crippen molar-refractivity contribution in [3.63, 3.8) is 0 Å². The van der Waals surface area contributed by atoms with Crippen LogP contribution in [0.15, 0.2) is 58.6 Å². The van der Waals surface area contributed by atoms with E-state index in [1.54, 1.807) is 26.2 Å². The molecule has 10 nitrogen and oxygen atoms in total. The molecule has 2 aliphatic rings. The molecule has 0 spiro atoms. The summed E-state index contributed by atoms with van der Waals surface area (Å²) >= 11 is 0. The molecule has 2 rings (SSSR count). The third-order valence-corrected chi connectivity index (χ3v) is 7.44. The van der Waals surface area contributed by atoms with Crippen molar-refractivity contribution in [3.05, 3.63) is 58.6 Å². The Morgan fingerprint density at radius 2 is 1.73 bits per heavy atom. The number of hydrogen-bond acceptors (Lipinski definition) is 8. The summed E-state index contributed by atoms with van der Waals surface area (Å²) < 4.78 is 22.2. The zero-order chi connectivity index (χ0) is 30.1. The number of carbonyl (C=O) groups excluding carboxylic acids is 4. The quantitative estimate of drug-likeness (QED) is 0.393. The Balaban J connectivity index is 2.60. The zero-order valence-electron chi connectivity index (χ0n) is 24.6. The van der Waals surface area contributed by atoms with Gasteiger partial charge in [0.05, 0.1) is 18.9 Å². The number of Topliss-reactive ketones (excluding diaryl/α,β-unsaturated/α-hetero) is 1. The normalized spacial score (nSPS) is 29.3. The molecule has 3 N–H and O–H groups in total. The minimum atomic E-state index is -0.940. The van der Waals surface area contributed by atoms with Gasteiger partial charge in [-0.05, 0) is 50.0 Å². The number of nitrogens with one attached hydrogen (secondary N) is 1. The smallest absolute Gasteiger partial charge is 0.405 e. The van der Waals surface area contributed by atoms with Crippen molar-refractivity contribution in [1.82, 2.24) is 5.32 Å². The average molecular weight is 559 g/mol. The van der Waals surface area contributed by atoms with Gasteiger partial charge in [0.1, 0.15) is 6.10 Å². The van der Waals surface area contributed by atoms with Crippen molar-refractivity contribution in [2.24, 2.45) is 23.5 Å². The van der Waals surface area contributed by atoms with Gasteiger partial charge in [-0.1, -0.05) is 45.1 Å². The molecular formula is C30H42N2O8. The highest BCUT2D eigenvalue weighted by Gasteiger charge is 2.33. The maximum absolute atomic E-state index is 13.4. The fraction of sp³-hybridized carbons (Fsp3) is 0.533. The number of methoxy groups -OCH3 is 3. The number of amides is 2. The van der Waals surface area contributed by atoms with Gasteiger partial charge in [-0.15, -0.1) is 0 Å². The lowest BCUT2D eigenvalue weighted by Gasteiger charge is -2.30. The van der Waals surface area contributed by atoms with Crippen LogP contribution in [0.25, 0.3) is 0 Å². The van der Waals surface area contributed by atoms with E-state index in [9.17, 15) is 19.2 Å². The Hall–Kier alpha value is -3.50. The number of fused-ring (bicyclic) bond motifs is 2. The largest absolute Gasteiger partial charge is 0.492 e. The first-order valence-electron chi connectivity index (χ1n) is 13.3. The van der Waals surface area contributed by atoms with Gasteiger partial charge in [-0.25, -0.2) is 4.79 Å². The van der Waals surface area contributed by atoms with Gasteiger partial charge in [0, 0.05) is 31.4 Å². The number of primary amides is 1. The molecular weight excluding hydrogens is 516 g/mol. The Morgan fingerprint density at radius 1 is 1.05 bits per heavy atom. The first kappa shape index (κ1) is 32.7. The van der Waals surface area contributed by atoms with Crippen molar-refractivity contribution < 1.29 is 38.1 Å². The topological polar surface area (TPSA) is 143 Å². The second kappa shape index (κ2) is 14.8. The molecule has 0 radical (unpaired) electrons. The van der Waals surface area contributed by atoms with Gasteiger partial charge < -0.3 is 30.0 Å². The van der Waals surface area contributed by atoms with Crippen molar-refractivity contribution in [2.45, 2.75) is 65.8 Å². The average Bonchev–Trinajstić information content (AvgIpc) is 2.90. The lowest BCUT2D eigenvalue weighted by atomic mass is 9.82. The van der Waals surface area contributed by atoms with E-state index >= 15 is 0 Å². The number of ether oxygens (including phenoxy) is 4. The van der Waals surface area contributed by atoms with Crippen LogP contribution in [0.2, 0.25) is 0 Å². The summed E-state index contributed by atoms with van der Waals surface area (Å²) in [5.74, 6) is -1.54. The molecule has 0 saturated heterocycles. The predicted octanol–water partition coefficient (Wildman–Crippen LogP) is 3.68. The van der Waals surface area contributed by atoms with E-state index in [0.717, 1.165) is 11.6 Å². The van der Waals surface area contributed by atoms with Crippen LogP contribution in [-0.2, 0) is 33.3 Å². The molecule has 2 amide bonds. The molecule has 0 aromatic carbocycles. The molecule has 0 aromatic heterocycles. The molecule has 1 aliphatic carbocycles. The van der Waals surface area contributed by atoms with Gasteiger partial charge in [-0.2, -0.15) is 0 Å². The highest BCUT2D eigenvalue weighted by Crippen LogP contribution is 2.31. The van der Waals surface area contributed by atoms with Gasteiger partial charge >= 0.3 is 6.09 Å². The molecule has 6 atom stereocenters. The highest BCUT2D eigenvalue weighted by molar-refractivity contribution is 6.23. The molecule has 220 valence electrons. The Labute approximate surface area is 236 Å².